The molecule has 0 radical (unpaired) electrons. The van der Waals surface area contributed by atoms with Crippen molar-refractivity contribution in [1.29, 1.82) is 0 Å². The molecule has 3 rings (SSSR count). The van der Waals surface area contributed by atoms with Crippen LogP contribution in [-0.4, -0.2) is 39.8 Å². The van der Waals surface area contributed by atoms with Gasteiger partial charge in [0.2, 0.25) is 0 Å². The molecule has 0 aliphatic heterocycles. The molecule has 0 heterocycles. The minimum absolute atomic E-state index is 0.0165. The van der Waals surface area contributed by atoms with E-state index in [9.17, 15) is 24.6 Å². The fourth-order valence-corrected chi connectivity index (χ4v) is 3.87. The van der Waals surface area contributed by atoms with Crippen LogP contribution in [0.15, 0.2) is 24.3 Å². The Morgan fingerprint density at radius 2 is 1.92 bits per heavy atom. The number of carbonyl (C=O) groups is 3. The number of aliphatic carboxylic acids is 2. The van der Waals surface area contributed by atoms with E-state index in [4.69, 9.17) is 5.73 Å². The molecule has 5 atom stereocenters. The van der Waals surface area contributed by atoms with Crippen LogP contribution in [0.25, 0.3) is 0 Å². The van der Waals surface area contributed by atoms with Gasteiger partial charge >= 0.3 is 18.0 Å². The summed E-state index contributed by atoms with van der Waals surface area (Å²) >= 11 is 0. The van der Waals surface area contributed by atoms with E-state index in [0.717, 1.165) is 5.56 Å². The van der Waals surface area contributed by atoms with Gasteiger partial charge in [0.25, 0.3) is 0 Å². The van der Waals surface area contributed by atoms with Crippen LogP contribution in [0, 0.1) is 24.7 Å². The highest BCUT2D eigenvalue weighted by molar-refractivity contribution is 5.91. The molecule has 2 aliphatic rings. The lowest BCUT2D eigenvalue weighted by molar-refractivity contribution is -0.145. The van der Waals surface area contributed by atoms with Crippen LogP contribution >= 0.6 is 0 Å². The standard InChI is InChI=1S/C16H19N3O5/c1-7-4-2-3-5-8(7)18-15(24)19-9-6-16(17,14(22)23)12-10(9)11(12)13(20)21/h2-5,9-12H,6,17H2,1H3,(H,20,21)(H,22,23)(H2,18,19,24)/t9-,10-,11-,12-,16-/m0/s1. The zero-order valence-corrected chi connectivity index (χ0v) is 13.0. The molecule has 2 aliphatic carbocycles. The van der Waals surface area contributed by atoms with Gasteiger partial charge in [0, 0.05) is 17.6 Å². The van der Waals surface area contributed by atoms with Gasteiger partial charge in [-0.3, -0.25) is 9.59 Å². The molecule has 2 fully saturated rings. The Morgan fingerprint density at radius 3 is 2.50 bits per heavy atom. The second-order valence-corrected chi connectivity index (χ2v) is 6.54. The Morgan fingerprint density at radius 1 is 1.25 bits per heavy atom. The van der Waals surface area contributed by atoms with Gasteiger partial charge < -0.3 is 26.6 Å². The predicted molar refractivity (Wildman–Crippen MR) is 84.4 cm³/mol. The van der Waals surface area contributed by atoms with E-state index < -0.39 is 47.3 Å². The third kappa shape index (κ3) is 2.48. The van der Waals surface area contributed by atoms with Crippen molar-refractivity contribution in [2.75, 3.05) is 5.32 Å². The summed E-state index contributed by atoms with van der Waals surface area (Å²) in [6, 6.07) is 6.13. The Balaban J connectivity index is 1.71. The van der Waals surface area contributed by atoms with Crippen LogP contribution in [0.5, 0.6) is 0 Å². The van der Waals surface area contributed by atoms with E-state index in [1.807, 2.05) is 19.1 Å². The maximum Gasteiger partial charge on any atom is 0.324 e. The zero-order valence-electron chi connectivity index (χ0n) is 13.0. The first-order valence-electron chi connectivity index (χ1n) is 7.64. The summed E-state index contributed by atoms with van der Waals surface area (Å²) in [7, 11) is 0. The SMILES string of the molecule is Cc1ccccc1NC(=O)N[C@H]1C[C@@](N)(C(=O)O)[C@@H]2[C@@H](C(=O)O)[C@@H]21. The van der Waals surface area contributed by atoms with E-state index in [1.165, 1.54) is 0 Å². The van der Waals surface area contributed by atoms with Crippen molar-refractivity contribution < 1.29 is 24.6 Å². The molecule has 0 unspecified atom stereocenters. The minimum atomic E-state index is -1.62. The molecule has 2 saturated carbocycles. The van der Waals surface area contributed by atoms with Crippen LogP contribution in [0.2, 0.25) is 0 Å². The van der Waals surface area contributed by atoms with Crippen molar-refractivity contribution in [2.24, 2.45) is 23.5 Å². The number of carboxylic acids is 2. The lowest BCUT2D eigenvalue weighted by Gasteiger charge is -2.25. The summed E-state index contributed by atoms with van der Waals surface area (Å²) < 4.78 is 0. The Labute approximate surface area is 138 Å². The molecule has 6 N–H and O–H groups in total. The van der Waals surface area contributed by atoms with Crippen molar-refractivity contribution in [1.82, 2.24) is 5.32 Å². The van der Waals surface area contributed by atoms with Gasteiger partial charge in [0.15, 0.2) is 0 Å². The molecule has 0 saturated heterocycles. The van der Waals surface area contributed by atoms with E-state index >= 15 is 0 Å². The molecule has 8 nitrogen and oxygen atoms in total. The summed E-state index contributed by atoms with van der Waals surface area (Å²) in [6.07, 6.45) is 0.0165. The second kappa shape index (κ2) is 5.48. The fourth-order valence-electron chi connectivity index (χ4n) is 3.87. The van der Waals surface area contributed by atoms with Gasteiger partial charge in [-0.25, -0.2) is 4.79 Å². The third-order valence-corrected chi connectivity index (χ3v) is 5.09. The van der Waals surface area contributed by atoms with Crippen molar-refractivity contribution in [3.05, 3.63) is 29.8 Å². The van der Waals surface area contributed by atoms with Crippen molar-refractivity contribution in [3.8, 4) is 0 Å². The Hall–Kier alpha value is -2.61. The predicted octanol–water partition coefficient (Wildman–Crippen LogP) is 0.618. The number of aryl methyl sites for hydroxylation is 1. The maximum absolute atomic E-state index is 12.2. The van der Waals surface area contributed by atoms with E-state index in [-0.39, 0.29) is 6.42 Å². The first-order valence-corrected chi connectivity index (χ1v) is 7.64. The van der Waals surface area contributed by atoms with Crippen molar-refractivity contribution in [2.45, 2.75) is 24.9 Å². The largest absolute Gasteiger partial charge is 0.481 e. The molecule has 1 aromatic carbocycles. The molecule has 1 aromatic rings. The molecule has 128 valence electrons. The highest BCUT2D eigenvalue weighted by atomic mass is 16.4. The monoisotopic (exact) mass is 333 g/mol. The number of hydrogen-bond donors (Lipinski definition) is 5. The van der Waals surface area contributed by atoms with E-state index in [2.05, 4.69) is 10.6 Å². The second-order valence-electron chi connectivity index (χ2n) is 6.54. The Kier molecular flexibility index (Phi) is 3.71. The Bertz CT molecular complexity index is 721. The number of carbonyl (C=O) groups excluding carboxylic acids is 1. The number of carboxylic acid groups (broad SMARTS) is 2. The van der Waals surface area contributed by atoms with E-state index in [1.54, 1.807) is 12.1 Å². The lowest BCUT2D eigenvalue weighted by Crippen LogP contribution is -2.52. The van der Waals surface area contributed by atoms with Crippen LogP contribution < -0.4 is 16.4 Å². The van der Waals surface area contributed by atoms with Crippen LogP contribution in [0.3, 0.4) is 0 Å². The van der Waals surface area contributed by atoms with Gasteiger partial charge in [0.05, 0.1) is 5.92 Å². The maximum atomic E-state index is 12.2. The van der Waals surface area contributed by atoms with E-state index in [0.29, 0.717) is 5.69 Å². The van der Waals surface area contributed by atoms with Crippen molar-refractivity contribution >= 4 is 23.7 Å². The number of fused-ring (bicyclic) bond motifs is 1. The number of amides is 2. The summed E-state index contributed by atoms with van der Waals surface area (Å²) in [4.78, 5) is 34.9. The first kappa shape index (κ1) is 16.3. The number of rotatable bonds is 4. The van der Waals surface area contributed by atoms with Gasteiger partial charge in [-0.05, 0) is 30.9 Å². The summed E-state index contributed by atoms with van der Waals surface area (Å²) in [5.74, 6) is -4.25. The van der Waals surface area contributed by atoms with Gasteiger partial charge in [-0.15, -0.1) is 0 Å². The normalized spacial score (nSPS) is 33.4. The lowest BCUT2D eigenvalue weighted by atomic mass is 9.90. The molecular formula is C16H19N3O5. The van der Waals surface area contributed by atoms with Gasteiger partial charge in [-0.1, -0.05) is 18.2 Å². The fraction of sp³-hybridized carbons (Fsp3) is 0.438. The van der Waals surface area contributed by atoms with Crippen LogP contribution in [0.4, 0.5) is 10.5 Å². The minimum Gasteiger partial charge on any atom is -0.481 e. The third-order valence-electron chi connectivity index (χ3n) is 5.09. The van der Waals surface area contributed by atoms with Gasteiger partial charge in [-0.2, -0.15) is 0 Å². The highest BCUT2D eigenvalue weighted by Crippen LogP contribution is 2.61. The molecule has 0 spiro atoms. The average molecular weight is 333 g/mol. The van der Waals surface area contributed by atoms with Crippen molar-refractivity contribution in [3.63, 3.8) is 0 Å². The molecule has 24 heavy (non-hydrogen) atoms. The van der Waals surface area contributed by atoms with Crippen LogP contribution in [0.1, 0.15) is 12.0 Å². The first-order chi connectivity index (χ1) is 11.3. The number of urea groups is 1. The summed E-state index contributed by atoms with van der Waals surface area (Å²) in [5, 5.41) is 23.9. The molecule has 2 amide bonds. The number of benzene rings is 1. The molecular weight excluding hydrogens is 314 g/mol. The number of hydrogen-bond acceptors (Lipinski definition) is 4. The number of para-hydroxylation sites is 1. The number of nitrogens with one attached hydrogen (secondary N) is 2. The molecule has 8 heteroatoms. The quantitative estimate of drug-likeness (QED) is 0.547. The summed E-state index contributed by atoms with van der Waals surface area (Å²) in [6.45, 7) is 1.85. The van der Waals surface area contributed by atoms with Crippen LogP contribution in [-0.2, 0) is 9.59 Å². The molecule has 0 bridgehead atoms. The number of anilines is 1. The highest BCUT2D eigenvalue weighted by Gasteiger charge is 2.74. The smallest absolute Gasteiger partial charge is 0.324 e. The summed E-state index contributed by atoms with van der Waals surface area (Å²) in [5.41, 5.74) is 5.82. The molecule has 0 aromatic heterocycles. The zero-order chi connectivity index (χ0) is 17.6. The average Bonchev–Trinajstić information content (AvgIpc) is 3.18. The van der Waals surface area contributed by atoms with Gasteiger partial charge in [0.1, 0.15) is 5.54 Å². The topological polar surface area (TPSA) is 142 Å². The number of nitrogens with two attached hydrogens (primary N) is 1.